The van der Waals surface area contributed by atoms with E-state index < -0.39 is 0 Å². The van der Waals surface area contributed by atoms with E-state index in [0.29, 0.717) is 29.2 Å². The van der Waals surface area contributed by atoms with E-state index >= 15 is 0 Å². The van der Waals surface area contributed by atoms with Crippen LogP contribution in [0.2, 0.25) is 0 Å². The van der Waals surface area contributed by atoms with Crippen LogP contribution in [0.4, 0.5) is 5.69 Å². The van der Waals surface area contributed by atoms with E-state index in [4.69, 9.17) is 0 Å². The Bertz CT molecular complexity index is 1010. The van der Waals surface area contributed by atoms with Gasteiger partial charge in [-0.3, -0.25) is 9.59 Å². The molecule has 0 fully saturated rings. The maximum absolute atomic E-state index is 12.9. The molecule has 4 nitrogen and oxygen atoms in total. The Morgan fingerprint density at radius 3 is 2.54 bits per heavy atom. The van der Waals surface area contributed by atoms with Crippen molar-refractivity contribution in [1.29, 1.82) is 0 Å². The zero-order chi connectivity index (χ0) is 19.3. The zero-order valence-electron chi connectivity index (χ0n) is 15.3. The van der Waals surface area contributed by atoms with Gasteiger partial charge in [0.2, 0.25) is 0 Å². The molecule has 0 radical (unpaired) electrons. The number of nitrogens with zero attached hydrogens (tertiary/aromatic N) is 1. The summed E-state index contributed by atoms with van der Waals surface area (Å²) in [6, 6.07) is 21.0. The molecular weight excluding hydrogens is 368 g/mol. The van der Waals surface area contributed by atoms with Gasteiger partial charge >= 0.3 is 0 Å². The highest BCUT2D eigenvalue weighted by atomic mass is 32.1. The van der Waals surface area contributed by atoms with Crippen LogP contribution in [0, 0.1) is 0 Å². The summed E-state index contributed by atoms with van der Waals surface area (Å²) in [5.74, 6) is -0.177. The fourth-order valence-electron chi connectivity index (χ4n) is 3.28. The minimum atomic E-state index is -0.159. The molecule has 0 unspecified atom stereocenters. The number of hydrogen-bond donors (Lipinski definition) is 1. The lowest BCUT2D eigenvalue weighted by atomic mass is 9.99. The molecule has 5 heteroatoms. The third kappa shape index (κ3) is 4.05. The van der Waals surface area contributed by atoms with Crippen LogP contribution in [0.3, 0.4) is 0 Å². The molecule has 1 aliphatic heterocycles. The highest BCUT2D eigenvalue weighted by molar-refractivity contribution is 7.12. The average molecular weight is 388 g/mol. The molecule has 4 rings (SSSR count). The van der Waals surface area contributed by atoms with Crippen molar-refractivity contribution in [2.75, 3.05) is 18.4 Å². The van der Waals surface area contributed by atoms with Gasteiger partial charge in [-0.2, -0.15) is 0 Å². The quantitative estimate of drug-likeness (QED) is 0.689. The summed E-state index contributed by atoms with van der Waals surface area (Å²) in [5, 5.41) is 4.72. The molecule has 2 amide bonds. The topological polar surface area (TPSA) is 49.4 Å². The maximum Gasteiger partial charge on any atom is 0.265 e. The van der Waals surface area contributed by atoms with E-state index in [-0.39, 0.29) is 11.8 Å². The first-order valence-electron chi connectivity index (χ1n) is 9.19. The third-order valence-electron chi connectivity index (χ3n) is 4.75. The van der Waals surface area contributed by atoms with E-state index in [0.717, 1.165) is 6.42 Å². The molecule has 140 valence electrons. The van der Waals surface area contributed by atoms with Crippen molar-refractivity contribution in [3.63, 3.8) is 0 Å². The van der Waals surface area contributed by atoms with Gasteiger partial charge in [0, 0.05) is 24.3 Å². The van der Waals surface area contributed by atoms with Crippen molar-refractivity contribution in [2.24, 2.45) is 0 Å². The van der Waals surface area contributed by atoms with Crippen molar-refractivity contribution in [3.8, 4) is 0 Å². The zero-order valence-corrected chi connectivity index (χ0v) is 16.1. The van der Waals surface area contributed by atoms with Crippen LogP contribution >= 0.6 is 11.3 Å². The SMILES string of the molecule is O=C(Nc1cccc(C(=O)N2CC=C(c3ccccc3)CC2)c1)c1cccs1. The second-order valence-electron chi connectivity index (χ2n) is 6.61. The molecule has 0 bridgehead atoms. The molecule has 2 aromatic carbocycles. The van der Waals surface area contributed by atoms with Crippen LogP contribution < -0.4 is 5.32 Å². The first-order valence-corrected chi connectivity index (χ1v) is 10.1. The van der Waals surface area contributed by atoms with Crippen LogP contribution in [0.5, 0.6) is 0 Å². The molecule has 1 N–H and O–H groups in total. The molecule has 3 aromatic rings. The predicted molar refractivity (Wildman–Crippen MR) is 114 cm³/mol. The number of amides is 2. The minimum Gasteiger partial charge on any atom is -0.335 e. The molecule has 0 saturated heterocycles. The predicted octanol–water partition coefficient (Wildman–Crippen LogP) is 4.93. The van der Waals surface area contributed by atoms with Crippen molar-refractivity contribution in [1.82, 2.24) is 4.90 Å². The van der Waals surface area contributed by atoms with Gasteiger partial charge in [0.25, 0.3) is 11.8 Å². The van der Waals surface area contributed by atoms with Crippen LogP contribution in [0.25, 0.3) is 5.57 Å². The Kier molecular flexibility index (Phi) is 5.35. The molecule has 1 aliphatic rings. The van der Waals surface area contributed by atoms with Crippen LogP contribution in [0.1, 0.15) is 32.0 Å². The van der Waals surface area contributed by atoms with Gasteiger partial charge in [-0.15, -0.1) is 11.3 Å². The number of rotatable bonds is 4. The Labute approximate surface area is 168 Å². The van der Waals surface area contributed by atoms with Gasteiger partial charge in [-0.1, -0.05) is 48.5 Å². The van der Waals surface area contributed by atoms with Gasteiger partial charge in [0.05, 0.1) is 4.88 Å². The Hall–Kier alpha value is -3.18. The Morgan fingerprint density at radius 2 is 1.82 bits per heavy atom. The number of nitrogens with one attached hydrogen (secondary N) is 1. The summed E-state index contributed by atoms with van der Waals surface area (Å²) in [5.41, 5.74) is 3.71. The molecular formula is C23H20N2O2S. The van der Waals surface area contributed by atoms with Gasteiger partial charge in [-0.25, -0.2) is 0 Å². The summed E-state index contributed by atoms with van der Waals surface area (Å²) >= 11 is 1.39. The summed E-state index contributed by atoms with van der Waals surface area (Å²) in [4.78, 5) is 27.6. The number of carbonyl (C=O) groups is 2. The maximum atomic E-state index is 12.9. The number of hydrogen-bond acceptors (Lipinski definition) is 3. The Balaban J connectivity index is 1.44. The first kappa shape index (κ1) is 18.2. The second kappa shape index (κ2) is 8.23. The minimum absolute atomic E-state index is 0.0180. The molecule has 28 heavy (non-hydrogen) atoms. The highest BCUT2D eigenvalue weighted by Crippen LogP contribution is 2.23. The standard InChI is InChI=1S/C23H20N2O2S/c26-22(21-10-5-15-28-21)24-20-9-4-8-19(16-20)23(27)25-13-11-18(12-14-25)17-6-2-1-3-7-17/h1-11,15-16H,12-14H2,(H,24,26). The summed E-state index contributed by atoms with van der Waals surface area (Å²) in [6.07, 6.45) is 2.96. The van der Waals surface area contributed by atoms with Crippen molar-refractivity contribution in [3.05, 3.63) is 94.2 Å². The largest absolute Gasteiger partial charge is 0.335 e. The van der Waals surface area contributed by atoms with Crippen molar-refractivity contribution < 1.29 is 9.59 Å². The lowest BCUT2D eigenvalue weighted by molar-refractivity contribution is 0.0772. The smallest absolute Gasteiger partial charge is 0.265 e. The number of benzene rings is 2. The lowest BCUT2D eigenvalue weighted by Gasteiger charge is -2.27. The van der Waals surface area contributed by atoms with Gasteiger partial charge < -0.3 is 10.2 Å². The molecule has 0 aliphatic carbocycles. The second-order valence-corrected chi connectivity index (χ2v) is 7.56. The first-order chi connectivity index (χ1) is 13.7. The van der Waals surface area contributed by atoms with E-state index in [9.17, 15) is 9.59 Å². The van der Waals surface area contributed by atoms with Crippen LogP contribution in [-0.2, 0) is 0 Å². The molecule has 0 spiro atoms. The third-order valence-corrected chi connectivity index (χ3v) is 5.62. The summed E-state index contributed by atoms with van der Waals surface area (Å²) < 4.78 is 0. The fourth-order valence-corrected chi connectivity index (χ4v) is 3.90. The normalized spacial score (nSPS) is 13.7. The number of carbonyl (C=O) groups excluding carboxylic acids is 2. The fraction of sp³-hybridized carbons (Fsp3) is 0.130. The van der Waals surface area contributed by atoms with E-state index in [1.165, 1.54) is 22.5 Å². The summed E-state index contributed by atoms with van der Waals surface area (Å²) in [7, 11) is 0. The molecule has 0 saturated carbocycles. The molecule has 1 aromatic heterocycles. The number of thiophene rings is 1. The Morgan fingerprint density at radius 1 is 0.964 bits per heavy atom. The van der Waals surface area contributed by atoms with Crippen molar-refractivity contribution >= 4 is 34.4 Å². The van der Waals surface area contributed by atoms with Gasteiger partial charge in [-0.05, 0) is 47.2 Å². The van der Waals surface area contributed by atoms with Crippen LogP contribution in [-0.4, -0.2) is 29.8 Å². The molecule has 0 atom stereocenters. The highest BCUT2D eigenvalue weighted by Gasteiger charge is 2.19. The molecule has 2 heterocycles. The van der Waals surface area contributed by atoms with Crippen molar-refractivity contribution in [2.45, 2.75) is 6.42 Å². The van der Waals surface area contributed by atoms with Gasteiger partial charge in [0.1, 0.15) is 0 Å². The van der Waals surface area contributed by atoms with E-state index in [1.54, 1.807) is 30.3 Å². The summed E-state index contributed by atoms with van der Waals surface area (Å²) in [6.45, 7) is 1.28. The van der Waals surface area contributed by atoms with Crippen LogP contribution in [0.15, 0.2) is 78.2 Å². The monoisotopic (exact) mass is 388 g/mol. The number of anilines is 1. The van der Waals surface area contributed by atoms with E-state index in [1.807, 2.05) is 34.5 Å². The van der Waals surface area contributed by atoms with E-state index in [2.05, 4.69) is 23.5 Å². The average Bonchev–Trinajstić information content (AvgIpc) is 3.29. The van der Waals surface area contributed by atoms with Gasteiger partial charge in [0.15, 0.2) is 0 Å². The lowest BCUT2D eigenvalue weighted by Crippen LogP contribution is -2.34.